The zero-order chi connectivity index (χ0) is 13.7. The van der Waals surface area contributed by atoms with Crippen molar-refractivity contribution in [3.63, 3.8) is 0 Å². The zero-order valence-corrected chi connectivity index (χ0v) is 12.1. The van der Waals surface area contributed by atoms with E-state index in [1.807, 2.05) is 0 Å². The molecule has 0 spiro atoms. The summed E-state index contributed by atoms with van der Waals surface area (Å²) in [5.41, 5.74) is 0. The molecule has 6 nitrogen and oxygen atoms in total. The molecule has 0 bridgehead atoms. The van der Waals surface area contributed by atoms with Crippen molar-refractivity contribution < 1.29 is 14.3 Å². The number of nitrogens with zero attached hydrogens (tertiary/aromatic N) is 3. The van der Waals surface area contributed by atoms with E-state index < -0.39 is 0 Å². The van der Waals surface area contributed by atoms with Crippen LogP contribution in [0.15, 0.2) is 0 Å². The van der Waals surface area contributed by atoms with Crippen molar-refractivity contribution in [2.24, 2.45) is 0 Å². The highest BCUT2D eigenvalue weighted by Crippen LogP contribution is 2.30. The SMILES string of the molecule is CCOC(=O)COc1nsnc1N1CCCCC1C. The van der Waals surface area contributed by atoms with Crippen LogP contribution in [0.3, 0.4) is 0 Å². The topological polar surface area (TPSA) is 64.5 Å². The van der Waals surface area contributed by atoms with E-state index in [4.69, 9.17) is 9.47 Å². The molecule has 0 N–H and O–H groups in total. The molecule has 19 heavy (non-hydrogen) atoms. The average molecular weight is 285 g/mol. The van der Waals surface area contributed by atoms with E-state index in [0.29, 0.717) is 18.5 Å². The number of aromatic nitrogens is 2. The van der Waals surface area contributed by atoms with Crippen LogP contribution < -0.4 is 9.64 Å². The van der Waals surface area contributed by atoms with Crippen LogP contribution in [-0.4, -0.2) is 40.5 Å². The maximum atomic E-state index is 11.3. The molecule has 1 aromatic heterocycles. The van der Waals surface area contributed by atoms with Gasteiger partial charge in [-0.1, -0.05) is 0 Å². The van der Waals surface area contributed by atoms with Gasteiger partial charge in [-0.2, -0.15) is 4.37 Å². The van der Waals surface area contributed by atoms with Gasteiger partial charge in [0.05, 0.1) is 18.3 Å². The molecule has 1 fully saturated rings. The molecule has 0 aliphatic carbocycles. The number of carbonyl (C=O) groups is 1. The zero-order valence-electron chi connectivity index (χ0n) is 11.3. The minimum absolute atomic E-state index is 0.117. The number of carbonyl (C=O) groups excluding carboxylic acids is 1. The maximum Gasteiger partial charge on any atom is 0.344 e. The molecule has 1 unspecified atom stereocenters. The molecule has 0 amide bonds. The Morgan fingerprint density at radius 3 is 3.05 bits per heavy atom. The molecule has 2 rings (SSSR count). The number of ether oxygens (including phenoxy) is 2. The highest BCUT2D eigenvalue weighted by Gasteiger charge is 2.25. The van der Waals surface area contributed by atoms with Gasteiger partial charge >= 0.3 is 5.97 Å². The first-order chi connectivity index (χ1) is 9.22. The minimum atomic E-state index is -0.381. The summed E-state index contributed by atoms with van der Waals surface area (Å²) < 4.78 is 18.6. The van der Waals surface area contributed by atoms with Crippen LogP contribution in [0.5, 0.6) is 5.88 Å². The lowest BCUT2D eigenvalue weighted by Crippen LogP contribution is -2.38. The molecule has 0 radical (unpaired) electrons. The van der Waals surface area contributed by atoms with Crippen molar-refractivity contribution in [3.05, 3.63) is 0 Å². The Hall–Kier alpha value is -1.37. The van der Waals surface area contributed by atoms with Crippen molar-refractivity contribution in [1.82, 2.24) is 8.75 Å². The third-order valence-electron chi connectivity index (χ3n) is 3.15. The highest BCUT2D eigenvalue weighted by atomic mass is 32.1. The summed E-state index contributed by atoms with van der Waals surface area (Å²) in [6.07, 6.45) is 3.54. The van der Waals surface area contributed by atoms with Gasteiger partial charge < -0.3 is 14.4 Å². The van der Waals surface area contributed by atoms with Gasteiger partial charge in [-0.15, -0.1) is 4.37 Å². The smallest absolute Gasteiger partial charge is 0.344 e. The number of esters is 1. The predicted molar refractivity (Wildman–Crippen MR) is 72.7 cm³/mol. The first-order valence-electron chi connectivity index (χ1n) is 6.60. The van der Waals surface area contributed by atoms with Crippen LogP contribution in [0.25, 0.3) is 0 Å². The van der Waals surface area contributed by atoms with Crippen molar-refractivity contribution in [2.75, 3.05) is 24.7 Å². The fourth-order valence-electron chi connectivity index (χ4n) is 2.18. The third-order valence-corrected chi connectivity index (χ3v) is 3.65. The van der Waals surface area contributed by atoms with Crippen LogP contribution in [-0.2, 0) is 9.53 Å². The number of rotatable bonds is 5. The normalized spacial score (nSPS) is 19.3. The molecule has 1 saturated heterocycles. The van der Waals surface area contributed by atoms with Crippen molar-refractivity contribution >= 4 is 23.5 Å². The Kier molecular flexibility index (Phi) is 4.95. The number of anilines is 1. The summed E-state index contributed by atoms with van der Waals surface area (Å²) >= 11 is 1.11. The Morgan fingerprint density at radius 1 is 1.47 bits per heavy atom. The van der Waals surface area contributed by atoms with E-state index in [1.54, 1.807) is 6.92 Å². The predicted octanol–water partition coefficient (Wildman–Crippen LogP) is 1.86. The van der Waals surface area contributed by atoms with Crippen LogP contribution in [0, 0.1) is 0 Å². The lowest BCUT2D eigenvalue weighted by Gasteiger charge is -2.33. The lowest BCUT2D eigenvalue weighted by molar-refractivity contribution is -0.145. The van der Waals surface area contributed by atoms with Gasteiger partial charge in [0, 0.05) is 12.6 Å². The second kappa shape index (κ2) is 6.70. The van der Waals surface area contributed by atoms with E-state index in [0.717, 1.165) is 36.9 Å². The summed E-state index contributed by atoms with van der Waals surface area (Å²) in [7, 11) is 0. The molecule has 2 heterocycles. The first kappa shape index (κ1) is 14.0. The van der Waals surface area contributed by atoms with Crippen molar-refractivity contribution in [1.29, 1.82) is 0 Å². The fourth-order valence-corrected chi connectivity index (χ4v) is 2.69. The summed E-state index contributed by atoms with van der Waals surface area (Å²) in [5, 5.41) is 0. The summed E-state index contributed by atoms with van der Waals surface area (Å²) in [6, 6.07) is 0.433. The summed E-state index contributed by atoms with van der Waals surface area (Å²) in [6.45, 7) is 5.14. The number of hydrogen-bond acceptors (Lipinski definition) is 7. The van der Waals surface area contributed by atoms with Gasteiger partial charge in [-0.05, 0) is 33.1 Å². The third kappa shape index (κ3) is 3.56. The van der Waals surface area contributed by atoms with Gasteiger partial charge in [0.25, 0.3) is 5.88 Å². The van der Waals surface area contributed by atoms with E-state index in [-0.39, 0.29) is 12.6 Å². The number of piperidine rings is 1. The molecule has 106 valence electrons. The molecular weight excluding hydrogens is 266 g/mol. The fraction of sp³-hybridized carbons (Fsp3) is 0.750. The van der Waals surface area contributed by atoms with Gasteiger partial charge in [0.1, 0.15) is 0 Å². The minimum Gasteiger partial charge on any atom is -0.463 e. The van der Waals surface area contributed by atoms with E-state index in [2.05, 4.69) is 20.6 Å². The molecule has 7 heteroatoms. The second-order valence-electron chi connectivity index (χ2n) is 4.52. The van der Waals surface area contributed by atoms with Crippen molar-refractivity contribution in [2.45, 2.75) is 39.2 Å². The summed E-state index contributed by atoms with van der Waals surface area (Å²) in [4.78, 5) is 13.5. The monoisotopic (exact) mass is 285 g/mol. The average Bonchev–Trinajstić information content (AvgIpc) is 2.85. The Bertz CT molecular complexity index is 424. The molecule has 1 aromatic rings. The Balaban J connectivity index is 1.98. The second-order valence-corrected chi connectivity index (χ2v) is 5.05. The van der Waals surface area contributed by atoms with Crippen LogP contribution in [0.2, 0.25) is 0 Å². The van der Waals surface area contributed by atoms with Crippen molar-refractivity contribution in [3.8, 4) is 5.88 Å². The van der Waals surface area contributed by atoms with Gasteiger partial charge in [-0.3, -0.25) is 0 Å². The molecule has 1 atom stereocenters. The Labute approximate surface area is 117 Å². The van der Waals surface area contributed by atoms with E-state index >= 15 is 0 Å². The molecule has 0 aromatic carbocycles. The molecule has 1 aliphatic heterocycles. The highest BCUT2D eigenvalue weighted by molar-refractivity contribution is 6.99. The lowest BCUT2D eigenvalue weighted by atomic mass is 10.0. The number of hydrogen-bond donors (Lipinski definition) is 0. The van der Waals surface area contributed by atoms with Gasteiger partial charge in [-0.25, -0.2) is 4.79 Å². The quantitative estimate of drug-likeness (QED) is 0.769. The van der Waals surface area contributed by atoms with Crippen LogP contribution >= 0.6 is 11.7 Å². The van der Waals surface area contributed by atoms with E-state index in [1.165, 1.54) is 6.42 Å². The largest absolute Gasteiger partial charge is 0.463 e. The van der Waals surface area contributed by atoms with E-state index in [9.17, 15) is 4.79 Å². The Morgan fingerprint density at radius 2 is 2.32 bits per heavy atom. The molecule has 0 saturated carbocycles. The molecule has 1 aliphatic rings. The maximum absolute atomic E-state index is 11.3. The molecular formula is C12H19N3O3S. The van der Waals surface area contributed by atoms with Gasteiger partial charge in [0.15, 0.2) is 6.61 Å². The van der Waals surface area contributed by atoms with Gasteiger partial charge in [0.2, 0.25) is 5.82 Å². The standard InChI is InChI=1S/C12H19N3O3S/c1-3-17-10(16)8-18-12-11(13-19-14-12)15-7-5-4-6-9(15)2/h9H,3-8H2,1-2H3. The van der Waals surface area contributed by atoms with Crippen LogP contribution in [0.1, 0.15) is 33.1 Å². The summed E-state index contributed by atoms with van der Waals surface area (Å²) in [5.74, 6) is 0.807. The first-order valence-corrected chi connectivity index (χ1v) is 7.33. The van der Waals surface area contributed by atoms with Crippen LogP contribution in [0.4, 0.5) is 5.82 Å².